The van der Waals surface area contributed by atoms with E-state index in [1.165, 1.54) is 5.69 Å². The van der Waals surface area contributed by atoms with E-state index in [-0.39, 0.29) is 12.1 Å². The van der Waals surface area contributed by atoms with Gasteiger partial charge in [0.15, 0.2) is 0 Å². The summed E-state index contributed by atoms with van der Waals surface area (Å²) in [6.45, 7) is 4.71. The van der Waals surface area contributed by atoms with E-state index < -0.39 is 12.1 Å². The highest BCUT2D eigenvalue weighted by Crippen LogP contribution is 2.36. The van der Waals surface area contributed by atoms with Crippen LogP contribution in [0.1, 0.15) is 19.3 Å². The third-order valence-electron chi connectivity index (χ3n) is 5.65. The summed E-state index contributed by atoms with van der Waals surface area (Å²) in [6.07, 6.45) is -2.07. The molecule has 2 fully saturated rings. The number of para-hydroxylation sites is 2. The number of nitrogens with two attached hydrogens (primary N) is 1. The molecule has 2 amide bonds. The molecule has 4 rings (SSSR count). The van der Waals surface area contributed by atoms with Crippen molar-refractivity contribution in [2.24, 2.45) is 5.73 Å². The van der Waals surface area contributed by atoms with Gasteiger partial charge in [-0.25, -0.2) is 9.59 Å². The topological polar surface area (TPSA) is 99.3 Å². The van der Waals surface area contributed by atoms with E-state index in [2.05, 4.69) is 23.1 Å². The Balaban J connectivity index is 0.000000339. The maximum Gasteiger partial charge on any atom is 0.490 e. The molecule has 1 atom stereocenters. The molecule has 0 aromatic heterocycles. The summed E-state index contributed by atoms with van der Waals surface area (Å²) in [5, 5.41) is 7.12. The number of aliphatic carboxylic acids is 1. The number of fused-ring (bicyclic) bond motifs is 1. The number of urea groups is 1. The summed E-state index contributed by atoms with van der Waals surface area (Å²) < 4.78 is 37.2. The SMILES string of the molecule is N[C@H]1CCN(C(=O)N2CCN(C3CCOCC3)c3ccccc32)C1.O=C(O)C(F)(F)F. The Bertz CT molecular complexity index is 786. The van der Waals surface area contributed by atoms with E-state index in [1.54, 1.807) is 0 Å². The summed E-state index contributed by atoms with van der Waals surface area (Å²) in [4.78, 5) is 28.1. The van der Waals surface area contributed by atoms with Crippen molar-refractivity contribution >= 4 is 23.4 Å². The van der Waals surface area contributed by atoms with Gasteiger partial charge in [0.05, 0.1) is 11.4 Å². The zero-order valence-corrected chi connectivity index (χ0v) is 17.1. The number of hydrogen-bond acceptors (Lipinski definition) is 5. The van der Waals surface area contributed by atoms with Gasteiger partial charge in [0, 0.05) is 51.5 Å². The maximum absolute atomic E-state index is 12.9. The fourth-order valence-electron chi connectivity index (χ4n) is 4.09. The number of carbonyl (C=O) groups is 2. The standard InChI is InChI=1S/C18H26N4O2.C2HF3O2/c19-14-5-8-20(13-14)18(23)22-10-9-21(15-6-11-24-12-7-15)16-3-1-2-4-17(16)22;3-2(4,5)1(6)7/h1-4,14-15H,5-13,19H2;(H,6,7)/t14-;/m0./s1. The fourth-order valence-corrected chi connectivity index (χ4v) is 4.09. The van der Waals surface area contributed by atoms with Crippen molar-refractivity contribution in [1.29, 1.82) is 0 Å². The lowest BCUT2D eigenvalue weighted by Crippen LogP contribution is -2.52. The number of amides is 2. The van der Waals surface area contributed by atoms with Gasteiger partial charge in [0.1, 0.15) is 0 Å². The molecule has 0 radical (unpaired) electrons. The second-order valence-corrected chi connectivity index (χ2v) is 7.76. The first kappa shape index (κ1) is 23.1. The number of hydrogen-bond donors (Lipinski definition) is 2. The zero-order valence-electron chi connectivity index (χ0n) is 17.1. The van der Waals surface area contributed by atoms with E-state index in [4.69, 9.17) is 20.4 Å². The van der Waals surface area contributed by atoms with Crippen molar-refractivity contribution in [2.75, 3.05) is 49.2 Å². The number of rotatable bonds is 1. The Morgan fingerprint density at radius 3 is 2.19 bits per heavy atom. The minimum absolute atomic E-state index is 0.0991. The van der Waals surface area contributed by atoms with Crippen molar-refractivity contribution in [3.8, 4) is 0 Å². The van der Waals surface area contributed by atoms with Gasteiger partial charge in [-0.1, -0.05) is 12.1 Å². The highest BCUT2D eigenvalue weighted by atomic mass is 19.4. The van der Waals surface area contributed by atoms with Crippen molar-refractivity contribution in [2.45, 2.75) is 37.5 Å². The molecule has 2 saturated heterocycles. The minimum Gasteiger partial charge on any atom is -0.475 e. The molecule has 31 heavy (non-hydrogen) atoms. The Labute approximate surface area is 178 Å². The molecule has 0 aliphatic carbocycles. The van der Waals surface area contributed by atoms with Crippen LogP contribution in [0.15, 0.2) is 24.3 Å². The third kappa shape index (κ3) is 5.59. The van der Waals surface area contributed by atoms with Crippen LogP contribution in [0.5, 0.6) is 0 Å². The first-order valence-corrected chi connectivity index (χ1v) is 10.2. The average Bonchev–Trinajstić information content (AvgIpc) is 3.19. The van der Waals surface area contributed by atoms with Gasteiger partial charge >= 0.3 is 18.2 Å². The number of ether oxygens (including phenoxy) is 1. The predicted octanol–water partition coefficient (Wildman–Crippen LogP) is 2.28. The number of carbonyl (C=O) groups excluding carboxylic acids is 1. The van der Waals surface area contributed by atoms with Crippen molar-refractivity contribution < 1.29 is 32.6 Å². The Kier molecular flexibility index (Phi) is 7.26. The highest BCUT2D eigenvalue weighted by molar-refractivity contribution is 5.97. The summed E-state index contributed by atoms with van der Waals surface area (Å²) in [7, 11) is 0. The van der Waals surface area contributed by atoms with Crippen LogP contribution in [0.2, 0.25) is 0 Å². The van der Waals surface area contributed by atoms with Gasteiger partial charge in [-0.3, -0.25) is 4.90 Å². The van der Waals surface area contributed by atoms with Gasteiger partial charge in [0.2, 0.25) is 0 Å². The summed E-state index contributed by atoms with van der Waals surface area (Å²) >= 11 is 0. The molecule has 1 aromatic carbocycles. The zero-order chi connectivity index (χ0) is 22.6. The van der Waals surface area contributed by atoms with Crippen LogP contribution in [-0.2, 0) is 9.53 Å². The molecule has 8 nitrogen and oxygen atoms in total. The van der Waals surface area contributed by atoms with E-state index in [9.17, 15) is 18.0 Å². The predicted molar refractivity (Wildman–Crippen MR) is 108 cm³/mol. The van der Waals surface area contributed by atoms with Gasteiger partial charge < -0.3 is 25.4 Å². The molecule has 3 aliphatic heterocycles. The molecule has 3 heterocycles. The number of carboxylic acid groups (broad SMARTS) is 1. The lowest BCUT2D eigenvalue weighted by molar-refractivity contribution is -0.192. The Morgan fingerprint density at radius 2 is 1.65 bits per heavy atom. The molecule has 11 heteroatoms. The monoisotopic (exact) mass is 444 g/mol. The van der Waals surface area contributed by atoms with Gasteiger partial charge in [-0.2, -0.15) is 13.2 Å². The molecule has 1 aromatic rings. The minimum atomic E-state index is -5.08. The van der Waals surface area contributed by atoms with Crippen LogP contribution in [-0.4, -0.2) is 79.7 Å². The summed E-state index contributed by atoms with van der Waals surface area (Å²) in [5.41, 5.74) is 8.18. The summed E-state index contributed by atoms with van der Waals surface area (Å²) in [6, 6.07) is 9.01. The fraction of sp³-hybridized carbons (Fsp3) is 0.600. The summed E-state index contributed by atoms with van der Waals surface area (Å²) in [5.74, 6) is -2.76. The lowest BCUT2D eigenvalue weighted by atomic mass is 10.0. The van der Waals surface area contributed by atoms with E-state index >= 15 is 0 Å². The van der Waals surface area contributed by atoms with Gasteiger partial charge in [-0.05, 0) is 31.4 Å². The van der Waals surface area contributed by atoms with Crippen molar-refractivity contribution in [3.05, 3.63) is 24.3 Å². The van der Waals surface area contributed by atoms with Gasteiger partial charge in [0.25, 0.3) is 0 Å². The van der Waals surface area contributed by atoms with Crippen molar-refractivity contribution in [1.82, 2.24) is 4.90 Å². The molecule has 172 valence electrons. The number of benzene rings is 1. The molecular formula is C20H27F3N4O4. The molecule has 0 bridgehead atoms. The number of alkyl halides is 3. The molecule has 0 saturated carbocycles. The maximum atomic E-state index is 12.9. The number of anilines is 2. The highest BCUT2D eigenvalue weighted by Gasteiger charge is 2.38. The second-order valence-electron chi connectivity index (χ2n) is 7.76. The lowest BCUT2D eigenvalue weighted by Gasteiger charge is -2.43. The van der Waals surface area contributed by atoms with Crippen LogP contribution in [0.3, 0.4) is 0 Å². The van der Waals surface area contributed by atoms with Crippen LogP contribution in [0.4, 0.5) is 29.3 Å². The molecule has 3 aliphatic rings. The number of halogens is 3. The van der Waals surface area contributed by atoms with Crippen LogP contribution >= 0.6 is 0 Å². The molecule has 0 spiro atoms. The Hall–Kier alpha value is -2.53. The molecular weight excluding hydrogens is 417 g/mol. The average molecular weight is 444 g/mol. The molecule has 3 N–H and O–H groups in total. The third-order valence-corrected chi connectivity index (χ3v) is 5.65. The first-order chi connectivity index (χ1) is 14.7. The second kappa shape index (κ2) is 9.73. The van der Waals surface area contributed by atoms with E-state index in [1.807, 2.05) is 15.9 Å². The number of carboxylic acids is 1. The Morgan fingerprint density at radius 1 is 1.03 bits per heavy atom. The van der Waals surface area contributed by atoms with Crippen LogP contribution < -0.4 is 15.5 Å². The first-order valence-electron chi connectivity index (χ1n) is 10.2. The van der Waals surface area contributed by atoms with Crippen molar-refractivity contribution in [3.63, 3.8) is 0 Å². The normalized spacial score (nSPS) is 21.9. The van der Waals surface area contributed by atoms with Gasteiger partial charge in [-0.15, -0.1) is 0 Å². The largest absolute Gasteiger partial charge is 0.490 e. The van der Waals surface area contributed by atoms with Crippen LogP contribution in [0.25, 0.3) is 0 Å². The number of likely N-dealkylation sites (tertiary alicyclic amines) is 1. The smallest absolute Gasteiger partial charge is 0.475 e. The number of nitrogens with zero attached hydrogens (tertiary/aromatic N) is 3. The van der Waals surface area contributed by atoms with E-state index in [0.717, 1.165) is 57.8 Å². The van der Waals surface area contributed by atoms with Crippen LogP contribution in [0, 0.1) is 0 Å². The van der Waals surface area contributed by atoms with E-state index in [0.29, 0.717) is 12.6 Å². The quantitative estimate of drug-likeness (QED) is 0.690. The molecule has 0 unspecified atom stereocenters.